The maximum Gasteiger partial charge on any atom is 0.337 e. The molecule has 0 aliphatic rings. The summed E-state index contributed by atoms with van der Waals surface area (Å²) in [5, 5.41) is 9.67. The topological polar surface area (TPSA) is 51.5 Å². The number of carboxylic acids is 1. The SMILES string of the molecule is Cc1cc(C(=O)O)cn1Cc1cc(Cl)ccc1OCc1ccccc1F. The Bertz CT molecular complexity index is 952. The van der Waals surface area contributed by atoms with Gasteiger partial charge in [0, 0.05) is 28.0 Å². The van der Waals surface area contributed by atoms with Crippen molar-refractivity contribution in [1.82, 2.24) is 4.57 Å². The summed E-state index contributed by atoms with van der Waals surface area (Å²) >= 11 is 6.10. The second-order valence-electron chi connectivity index (χ2n) is 5.94. The summed E-state index contributed by atoms with van der Waals surface area (Å²) in [5.41, 5.74) is 2.27. The molecule has 0 bridgehead atoms. The molecule has 0 saturated carbocycles. The molecule has 0 unspecified atom stereocenters. The molecule has 4 nitrogen and oxygen atoms in total. The third kappa shape index (κ3) is 4.06. The summed E-state index contributed by atoms with van der Waals surface area (Å²) in [5.74, 6) is -0.730. The third-order valence-electron chi connectivity index (χ3n) is 4.06. The van der Waals surface area contributed by atoms with Gasteiger partial charge in [-0.05, 0) is 37.3 Å². The van der Waals surface area contributed by atoms with Crippen LogP contribution in [0.1, 0.15) is 27.2 Å². The van der Waals surface area contributed by atoms with Crippen molar-refractivity contribution >= 4 is 17.6 Å². The number of ether oxygens (including phenoxy) is 1. The molecule has 0 aliphatic carbocycles. The maximum absolute atomic E-state index is 13.8. The summed E-state index contributed by atoms with van der Waals surface area (Å²) in [4.78, 5) is 11.1. The van der Waals surface area contributed by atoms with Gasteiger partial charge in [-0.15, -0.1) is 0 Å². The Labute approximate surface area is 155 Å². The van der Waals surface area contributed by atoms with E-state index in [4.69, 9.17) is 21.4 Å². The average Bonchev–Trinajstić information content (AvgIpc) is 2.97. The van der Waals surface area contributed by atoms with E-state index in [-0.39, 0.29) is 18.0 Å². The number of hydrogen-bond acceptors (Lipinski definition) is 2. The number of carbonyl (C=O) groups is 1. The third-order valence-corrected chi connectivity index (χ3v) is 4.30. The molecule has 0 radical (unpaired) electrons. The van der Waals surface area contributed by atoms with Gasteiger partial charge in [0.05, 0.1) is 12.1 Å². The normalized spacial score (nSPS) is 10.7. The van der Waals surface area contributed by atoms with Gasteiger partial charge in [-0.1, -0.05) is 29.8 Å². The highest BCUT2D eigenvalue weighted by molar-refractivity contribution is 6.30. The van der Waals surface area contributed by atoms with Crippen molar-refractivity contribution in [3.63, 3.8) is 0 Å². The Kier molecular flexibility index (Phi) is 5.28. The van der Waals surface area contributed by atoms with E-state index in [2.05, 4.69) is 0 Å². The fourth-order valence-corrected chi connectivity index (χ4v) is 2.86. The van der Waals surface area contributed by atoms with Crippen molar-refractivity contribution in [2.24, 2.45) is 0 Å². The molecule has 1 heterocycles. The van der Waals surface area contributed by atoms with Crippen LogP contribution in [0.2, 0.25) is 5.02 Å². The molecule has 26 heavy (non-hydrogen) atoms. The summed E-state index contributed by atoms with van der Waals surface area (Å²) in [6.45, 7) is 2.31. The number of hydrogen-bond donors (Lipinski definition) is 1. The number of aromatic nitrogens is 1. The van der Waals surface area contributed by atoms with Gasteiger partial charge in [0.15, 0.2) is 0 Å². The van der Waals surface area contributed by atoms with E-state index in [1.54, 1.807) is 48.7 Å². The quantitative estimate of drug-likeness (QED) is 0.667. The minimum Gasteiger partial charge on any atom is -0.488 e. The molecule has 0 amide bonds. The van der Waals surface area contributed by atoms with E-state index in [1.165, 1.54) is 6.07 Å². The van der Waals surface area contributed by atoms with Crippen LogP contribution in [-0.4, -0.2) is 15.6 Å². The molecule has 0 atom stereocenters. The monoisotopic (exact) mass is 373 g/mol. The highest BCUT2D eigenvalue weighted by Crippen LogP contribution is 2.26. The fraction of sp³-hybridized carbons (Fsp3) is 0.150. The van der Waals surface area contributed by atoms with Gasteiger partial charge in [-0.3, -0.25) is 0 Å². The van der Waals surface area contributed by atoms with Crippen LogP contribution in [-0.2, 0) is 13.2 Å². The lowest BCUT2D eigenvalue weighted by Crippen LogP contribution is -2.05. The highest BCUT2D eigenvalue weighted by atomic mass is 35.5. The van der Waals surface area contributed by atoms with Crippen LogP contribution < -0.4 is 4.74 Å². The molecule has 3 aromatic rings. The average molecular weight is 374 g/mol. The molecule has 0 saturated heterocycles. The van der Waals surface area contributed by atoms with E-state index >= 15 is 0 Å². The van der Waals surface area contributed by atoms with Crippen LogP contribution in [0, 0.1) is 12.7 Å². The van der Waals surface area contributed by atoms with Crippen molar-refractivity contribution in [2.75, 3.05) is 0 Å². The van der Waals surface area contributed by atoms with E-state index in [0.717, 1.165) is 11.3 Å². The van der Waals surface area contributed by atoms with Crippen molar-refractivity contribution < 1.29 is 19.0 Å². The van der Waals surface area contributed by atoms with E-state index in [0.29, 0.717) is 22.9 Å². The van der Waals surface area contributed by atoms with E-state index < -0.39 is 5.97 Å². The molecule has 2 aromatic carbocycles. The zero-order valence-electron chi connectivity index (χ0n) is 14.1. The van der Waals surface area contributed by atoms with Crippen LogP contribution in [0.15, 0.2) is 54.7 Å². The van der Waals surface area contributed by atoms with Gasteiger partial charge in [0.25, 0.3) is 0 Å². The van der Waals surface area contributed by atoms with E-state index in [9.17, 15) is 9.18 Å². The molecular formula is C20H17ClFNO3. The van der Waals surface area contributed by atoms with Crippen LogP contribution in [0.3, 0.4) is 0 Å². The van der Waals surface area contributed by atoms with Gasteiger partial charge >= 0.3 is 5.97 Å². The summed E-state index contributed by atoms with van der Waals surface area (Å²) < 4.78 is 21.4. The first-order chi connectivity index (χ1) is 12.4. The van der Waals surface area contributed by atoms with Gasteiger partial charge in [-0.2, -0.15) is 0 Å². The molecule has 1 aromatic heterocycles. The lowest BCUT2D eigenvalue weighted by molar-refractivity contribution is 0.0697. The van der Waals surface area contributed by atoms with Gasteiger partial charge < -0.3 is 14.4 Å². The Morgan fingerprint density at radius 2 is 1.96 bits per heavy atom. The van der Waals surface area contributed by atoms with Gasteiger partial charge in [0.2, 0.25) is 0 Å². The van der Waals surface area contributed by atoms with Gasteiger partial charge in [0.1, 0.15) is 18.2 Å². The summed E-state index contributed by atoms with van der Waals surface area (Å²) in [6.07, 6.45) is 1.57. The minimum absolute atomic E-state index is 0.0896. The molecule has 6 heteroatoms. The summed E-state index contributed by atoms with van der Waals surface area (Å²) in [6, 6.07) is 13.2. The first-order valence-electron chi connectivity index (χ1n) is 7.99. The van der Waals surface area contributed by atoms with Crippen LogP contribution >= 0.6 is 11.6 Å². The fourth-order valence-electron chi connectivity index (χ4n) is 2.67. The lowest BCUT2D eigenvalue weighted by atomic mass is 10.2. The molecule has 0 aliphatic heterocycles. The zero-order valence-corrected chi connectivity index (χ0v) is 14.8. The largest absolute Gasteiger partial charge is 0.488 e. The number of aromatic carboxylic acids is 1. The van der Waals surface area contributed by atoms with Crippen molar-refractivity contribution in [3.05, 3.63) is 88.0 Å². The number of aryl methyl sites for hydroxylation is 1. The first kappa shape index (κ1) is 18.0. The van der Waals surface area contributed by atoms with Crippen LogP contribution in [0.25, 0.3) is 0 Å². The van der Waals surface area contributed by atoms with Crippen molar-refractivity contribution in [2.45, 2.75) is 20.1 Å². The number of rotatable bonds is 6. The smallest absolute Gasteiger partial charge is 0.337 e. The number of halogens is 2. The Morgan fingerprint density at radius 1 is 1.19 bits per heavy atom. The standard InChI is InChI=1S/C20H17ClFNO3/c1-13-8-16(20(24)25)11-23(13)10-15-9-17(21)6-7-19(15)26-12-14-4-2-3-5-18(14)22/h2-9,11H,10,12H2,1H3,(H,24,25). The second-order valence-corrected chi connectivity index (χ2v) is 6.37. The molecular weight excluding hydrogens is 357 g/mol. The summed E-state index contributed by atoms with van der Waals surface area (Å²) in [7, 11) is 0. The molecule has 3 rings (SSSR count). The number of nitrogens with zero attached hydrogens (tertiary/aromatic N) is 1. The Balaban J connectivity index is 1.84. The number of carboxylic acid groups (broad SMARTS) is 1. The molecule has 0 spiro atoms. The zero-order chi connectivity index (χ0) is 18.7. The Hall–Kier alpha value is -2.79. The Morgan fingerprint density at radius 3 is 2.65 bits per heavy atom. The highest BCUT2D eigenvalue weighted by Gasteiger charge is 2.12. The van der Waals surface area contributed by atoms with E-state index in [1.807, 2.05) is 11.5 Å². The number of benzene rings is 2. The van der Waals surface area contributed by atoms with Crippen LogP contribution in [0.5, 0.6) is 5.75 Å². The first-order valence-corrected chi connectivity index (χ1v) is 8.36. The van der Waals surface area contributed by atoms with Crippen molar-refractivity contribution in [1.29, 1.82) is 0 Å². The second kappa shape index (κ2) is 7.62. The molecule has 0 fully saturated rings. The predicted octanol–water partition coefficient (Wildman–Crippen LogP) is 4.91. The molecule has 1 N–H and O–H groups in total. The van der Waals surface area contributed by atoms with Crippen LogP contribution in [0.4, 0.5) is 4.39 Å². The lowest BCUT2D eigenvalue weighted by Gasteiger charge is -2.14. The minimum atomic E-state index is -0.978. The predicted molar refractivity (Wildman–Crippen MR) is 97.4 cm³/mol. The van der Waals surface area contributed by atoms with Gasteiger partial charge in [-0.25, -0.2) is 9.18 Å². The maximum atomic E-state index is 13.8. The van der Waals surface area contributed by atoms with Crippen molar-refractivity contribution in [3.8, 4) is 5.75 Å². The molecule has 134 valence electrons.